The number of nitrogens with zero attached hydrogens (tertiary/aromatic N) is 4. The first-order chi connectivity index (χ1) is 8.90. The zero-order valence-corrected chi connectivity index (χ0v) is 12.9. The van der Waals surface area contributed by atoms with E-state index in [9.17, 15) is 0 Å². The Bertz CT molecular complexity index is 425. The molecule has 108 valence electrons. The highest BCUT2D eigenvalue weighted by Crippen LogP contribution is 2.27. The Morgan fingerprint density at radius 3 is 2.68 bits per heavy atom. The SMILES string of the molecule is CCn1ncnc1CN1CC(C)(C)NCC1(C)CC. The van der Waals surface area contributed by atoms with Gasteiger partial charge in [0.2, 0.25) is 0 Å². The van der Waals surface area contributed by atoms with E-state index in [1.54, 1.807) is 6.33 Å². The van der Waals surface area contributed by atoms with Gasteiger partial charge in [0.25, 0.3) is 0 Å². The summed E-state index contributed by atoms with van der Waals surface area (Å²) >= 11 is 0. The van der Waals surface area contributed by atoms with E-state index in [2.05, 4.69) is 54.9 Å². The molecule has 1 aromatic heterocycles. The van der Waals surface area contributed by atoms with Crippen molar-refractivity contribution in [2.45, 2.75) is 65.2 Å². The predicted octanol–water partition coefficient (Wildman–Crippen LogP) is 1.65. The molecule has 0 radical (unpaired) electrons. The molecule has 0 spiro atoms. The molecule has 1 saturated heterocycles. The minimum atomic E-state index is 0.158. The van der Waals surface area contributed by atoms with Crippen molar-refractivity contribution in [3.63, 3.8) is 0 Å². The van der Waals surface area contributed by atoms with Crippen molar-refractivity contribution in [2.24, 2.45) is 0 Å². The summed E-state index contributed by atoms with van der Waals surface area (Å²) in [6, 6.07) is 0. The predicted molar refractivity (Wildman–Crippen MR) is 76.9 cm³/mol. The second-order valence-corrected chi connectivity index (χ2v) is 6.44. The van der Waals surface area contributed by atoms with Gasteiger partial charge >= 0.3 is 0 Å². The molecule has 2 rings (SSSR count). The van der Waals surface area contributed by atoms with Crippen molar-refractivity contribution < 1.29 is 0 Å². The Labute approximate surface area is 116 Å². The second kappa shape index (κ2) is 5.21. The van der Waals surface area contributed by atoms with Crippen LogP contribution in [0.25, 0.3) is 0 Å². The zero-order chi connectivity index (χ0) is 14.1. The molecule has 0 aliphatic carbocycles. The molecule has 0 saturated carbocycles. The normalized spacial score (nSPS) is 27.6. The lowest BCUT2D eigenvalue weighted by Crippen LogP contribution is -2.66. The van der Waals surface area contributed by atoms with E-state index in [1.165, 1.54) is 0 Å². The summed E-state index contributed by atoms with van der Waals surface area (Å²) in [5.41, 5.74) is 0.353. The third-order valence-electron chi connectivity index (χ3n) is 4.39. The fraction of sp³-hybridized carbons (Fsp3) is 0.857. The Kier molecular flexibility index (Phi) is 3.97. The van der Waals surface area contributed by atoms with E-state index in [0.29, 0.717) is 0 Å². The average molecular weight is 265 g/mol. The van der Waals surface area contributed by atoms with Gasteiger partial charge in [-0.25, -0.2) is 9.67 Å². The maximum Gasteiger partial charge on any atom is 0.141 e. The highest BCUT2D eigenvalue weighted by atomic mass is 15.4. The van der Waals surface area contributed by atoms with E-state index in [1.807, 2.05) is 4.68 Å². The minimum absolute atomic E-state index is 0.158. The van der Waals surface area contributed by atoms with Crippen molar-refractivity contribution in [3.05, 3.63) is 12.2 Å². The van der Waals surface area contributed by atoms with E-state index >= 15 is 0 Å². The second-order valence-electron chi connectivity index (χ2n) is 6.44. The quantitative estimate of drug-likeness (QED) is 0.899. The van der Waals surface area contributed by atoms with E-state index < -0.39 is 0 Å². The molecule has 0 amide bonds. The van der Waals surface area contributed by atoms with Crippen molar-refractivity contribution in [1.29, 1.82) is 0 Å². The standard InChI is InChI=1S/C14H27N5/c1-6-14(5)9-16-13(3,4)10-18(14)8-12-15-11-17-19(12)7-2/h11,16H,6-10H2,1-5H3. The van der Waals surface area contributed by atoms with Crippen LogP contribution in [0.5, 0.6) is 0 Å². The topological polar surface area (TPSA) is 46.0 Å². The van der Waals surface area contributed by atoms with Gasteiger partial charge in [-0.2, -0.15) is 5.10 Å². The largest absolute Gasteiger partial charge is 0.309 e. The number of aryl methyl sites for hydroxylation is 1. The van der Waals surface area contributed by atoms with Crippen molar-refractivity contribution in [2.75, 3.05) is 13.1 Å². The summed E-state index contributed by atoms with van der Waals surface area (Å²) in [7, 11) is 0. The van der Waals surface area contributed by atoms with Gasteiger partial charge in [0, 0.05) is 30.7 Å². The molecule has 1 aliphatic heterocycles. The fourth-order valence-corrected chi connectivity index (χ4v) is 2.71. The van der Waals surface area contributed by atoms with Crippen LogP contribution in [0.15, 0.2) is 6.33 Å². The first kappa shape index (κ1) is 14.5. The molecule has 1 aliphatic rings. The maximum absolute atomic E-state index is 4.42. The van der Waals surface area contributed by atoms with Crippen molar-refractivity contribution >= 4 is 0 Å². The van der Waals surface area contributed by atoms with Gasteiger partial charge in [0.05, 0.1) is 6.54 Å². The molecule has 1 atom stereocenters. The van der Waals surface area contributed by atoms with Gasteiger partial charge in [-0.3, -0.25) is 4.90 Å². The molecule has 0 aromatic carbocycles. The van der Waals surface area contributed by atoms with Crippen LogP contribution in [-0.2, 0) is 13.1 Å². The molecular weight excluding hydrogens is 238 g/mol. The van der Waals surface area contributed by atoms with Gasteiger partial charge in [-0.15, -0.1) is 0 Å². The van der Waals surface area contributed by atoms with Crippen molar-refractivity contribution in [3.8, 4) is 0 Å². The van der Waals surface area contributed by atoms with Crippen molar-refractivity contribution in [1.82, 2.24) is 25.0 Å². The summed E-state index contributed by atoms with van der Waals surface area (Å²) < 4.78 is 1.99. The molecule has 5 heteroatoms. The van der Waals surface area contributed by atoms with Gasteiger partial charge in [0.15, 0.2) is 0 Å². The molecule has 1 fully saturated rings. The first-order valence-corrected chi connectivity index (χ1v) is 7.27. The number of nitrogens with one attached hydrogen (secondary N) is 1. The fourth-order valence-electron chi connectivity index (χ4n) is 2.71. The number of piperazine rings is 1. The Balaban J connectivity index is 2.19. The van der Waals surface area contributed by atoms with Crippen LogP contribution in [0.3, 0.4) is 0 Å². The molecule has 0 bridgehead atoms. The average Bonchev–Trinajstić information content (AvgIpc) is 2.81. The lowest BCUT2D eigenvalue weighted by atomic mass is 9.88. The van der Waals surface area contributed by atoms with Crippen LogP contribution >= 0.6 is 0 Å². The summed E-state index contributed by atoms with van der Waals surface area (Å²) in [6.07, 6.45) is 2.80. The smallest absolute Gasteiger partial charge is 0.141 e. The molecular formula is C14H27N5. The third kappa shape index (κ3) is 2.98. The summed E-state index contributed by atoms with van der Waals surface area (Å²) in [5, 5.41) is 7.93. The van der Waals surface area contributed by atoms with Crippen LogP contribution in [0.2, 0.25) is 0 Å². The van der Waals surface area contributed by atoms with E-state index in [-0.39, 0.29) is 11.1 Å². The van der Waals surface area contributed by atoms with E-state index in [4.69, 9.17) is 0 Å². The number of hydrogen-bond acceptors (Lipinski definition) is 4. The molecule has 5 nitrogen and oxygen atoms in total. The van der Waals surface area contributed by atoms with Crippen LogP contribution in [0, 0.1) is 0 Å². The van der Waals surface area contributed by atoms with Gasteiger partial charge in [0.1, 0.15) is 12.2 Å². The number of hydrogen-bond donors (Lipinski definition) is 1. The molecule has 2 heterocycles. The lowest BCUT2D eigenvalue weighted by Gasteiger charge is -2.51. The van der Waals surface area contributed by atoms with Gasteiger partial charge in [-0.05, 0) is 34.1 Å². The highest BCUT2D eigenvalue weighted by Gasteiger charge is 2.39. The summed E-state index contributed by atoms with van der Waals surface area (Å²) in [5.74, 6) is 1.07. The zero-order valence-electron chi connectivity index (χ0n) is 12.9. The third-order valence-corrected chi connectivity index (χ3v) is 4.39. The monoisotopic (exact) mass is 265 g/mol. The Morgan fingerprint density at radius 2 is 2.05 bits per heavy atom. The maximum atomic E-state index is 4.42. The van der Waals surface area contributed by atoms with Gasteiger partial charge < -0.3 is 5.32 Å². The summed E-state index contributed by atoms with van der Waals surface area (Å²) in [4.78, 5) is 6.97. The molecule has 1 aromatic rings. The highest BCUT2D eigenvalue weighted by molar-refractivity contribution is 5.01. The number of aromatic nitrogens is 3. The molecule has 1 unspecified atom stereocenters. The van der Waals surface area contributed by atoms with Gasteiger partial charge in [-0.1, -0.05) is 6.92 Å². The molecule has 19 heavy (non-hydrogen) atoms. The van der Waals surface area contributed by atoms with Crippen LogP contribution < -0.4 is 5.32 Å². The Morgan fingerprint density at radius 1 is 1.32 bits per heavy atom. The minimum Gasteiger partial charge on any atom is -0.309 e. The van der Waals surface area contributed by atoms with Crippen LogP contribution in [-0.4, -0.2) is 43.8 Å². The van der Waals surface area contributed by atoms with Crippen LogP contribution in [0.4, 0.5) is 0 Å². The van der Waals surface area contributed by atoms with E-state index in [0.717, 1.165) is 38.4 Å². The first-order valence-electron chi connectivity index (χ1n) is 7.27. The summed E-state index contributed by atoms with van der Waals surface area (Å²) in [6.45, 7) is 15.1. The Hall–Kier alpha value is -0.940. The number of rotatable bonds is 4. The molecule has 1 N–H and O–H groups in total. The van der Waals surface area contributed by atoms with Crippen LogP contribution in [0.1, 0.15) is 46.9 Å². The lowest BCUT2D eigenvalue weighted by molar-refractivity contribution is 0.0146.